The van der Waals surface area contributed by atoms with Gasteiger partial charge in [-0.25, -0.2) is 4.39 Å². The second kappa shape index (κ2) is 5.02. The fraction of sp³-hybridized carbons (Fsp3) is 0.500. The zero-order valence-electron chi connectivity index (χ0n) is 9.22. The molecule has 0 saturated carbocycles. The molecule has 88 valence electrons. The molecule has 0 atom stereocenters. The van der Waals surface area contributed by atoms with Crippen LogP contribution in [0, 0.1) is 5.82 Å². The lowest BCUT2D eigenvalue weighted by Gasteiger charge is -2.25. The van der Waals surface area contributed by atoms with Crippen molar-refractivity contribution in [3.63, 3.8) is 0 Å². The van der Waals surface area contributed by atoms with E-state index in [0.29, 0.717) is 16.7 Å². The summed E-state index contributed by atoms with van der Waals surface area (Å²) in [6.45, 7) is 1.92. The van der Waals surface area contributed by atoms with Gasteiger partial charge < -0.3 is 10.1 Å². The maximum atomic E-state index is 13.3. The summed E-state index contributed by atoms with van der Waals surface area (Å²) in [6.07, 6.45) is 1.99. The minimum absolute atomic E-state index is 0.292. The Morgan fingerprint density at radius 2 is 2.06 bits per heavy atom. The van der Waals surface area contributed by atoms with Crippen molar-refractivity contribution < 1.29 is 9.13 Å². The highest BCUT2D eigenvalue weighted by atomic mass is 35.5. The summed E-state index contributed by atoms with van der Waals surface area (Å²) in [5.74, 6) is 0.665. The molecule has 1 fully saturated rings. The Kier molecular flexibility index (Phi) is 3.66. The summed E-state index contributed by atoms with van der Waals surface area (Å²) in [4.78, 5) is 0. The summed E-state index contributed by atoms with van der Waals surface area (Å²) in [5.41, 5.74) is 0.897. The van der Waals surface area contributed by atoms with Crippen molar-refractivity contribution in [1.82, 2.24) is 5.32 Å². The average Bonchev–Trinajstić information content (AvgIpc) is 2.29. The topological polar surface area (TPSA) is 21.3 Å². The van der Waals surface area contributed by atoms with Gasteiger partial charge in [0.05, 0.1) is 12.1 Å². The monoisotopic (exact) mass is 243 g/mol. The van der Waals surface area contributed by atoms with E-state index in [-0.39, 0.29) is 5.82 Å². The molecule has 16 heavy (non-hydrogen) atoms. The second-order valence-corrected chi connectivity index (χ2v) is 4.44. The molecule has 1 aliphatic rings. The van der Waals surface area contributed by atoms with Gasteiger partial charge in [-0.15, -0.1) is 0 Å². The minimum Gasteiger partial charge on any atom is -0.495 e. The van der Waals surface area contributed by atoms with Crippen molar-refractivity contribution in [2.45, 2.75) is 18.8 Å². The van der Waals surface area contributed by atoms with Gasteiger partial charge in [0.25, 0.3) is 0 Å². The molecule has 0 amide bonds. The molecule has 0 aliphatic carbocycles. The van der Waals surface area contributed by atoms with Crippen LogP contribution in [0.1, 0.15) is 24.3 Å². The molecule has 1 aromatic carbocycles. The van der Waals surface area contributed by atoms with E-state index in [0.717, 1.165) is 31.5 Å². The first-order valence-corrected chi connectivity index (χ1v) is 5.84. The van der Waals surface area contributed by atoms with E-state index in [1.807, 2.05) is 0 Å². The van der Waals surface area contributed by atoms with E-state index >= 15 is 0 Å². The van der Waals surface area contributed by atoms with Crippen LogP contribution in [0.4, 0.5) is 4.39 Å². The first kappa shape index (κ1) is 11.7. The number of piperidine rings is 1. The summed E-state index contributed by atoms with van der Waals surface area (Å²) in [5, 5.41) is 3.64. The van der Waals surface area contributed by atoms with Gasteiger partial charge in [0, 0.05) is 5.56 Å². The Morgan fingerprint density at radius 1 is 1.38 bits per heavy atom. The molecule has 4 heteroatoms. The maximum Gasteiger partial charge on any atom is 0.141 e. The maximum absolute atomic E-state index is 13.3. The fourth-order valence-corrected chi connectivity index (χ4v) is 2.52. The summed E-state index contributed by atoms with van der Waals surface area (Å²) in [7, 11) is 1.57. The number of benzene rings is 1. The van der Waals surface area contributed by atoms with Crippen LogP contribution in [0.25, 0.3) is 0 Å². The van der Waals surface area contributed by atoms with Crippen molar-refractivity contribution in [2.24, 2.45) is 0 Å². The number of nitrogens with one attached hydrogen (secondary N) is 1. The number of rotatable bonds is 2. The van der Waals surface area contributed by atoms with Gasteiger partial charge in [-0.1, -0.05) is 11.6 Å². The SMILES string of the molecule is COc1c(Cl)cc(F)cc1C1CCNCC1. The van der Waals surface area contributed by atoms with Gasteiger partial charge in [-0.2, -0.15) is 0 Å². The van der Waals surface area contributed by atoms with Gasteiger partial charge in [-0.05, 0) is 44.0 Å². The van der Waals surface area contributed by atoms with Gasteiger partial charge in [0.1, 0.15) is 11.6 Å². The molecule has 1 N–H and O–H groups in total. The van der Waals surface area contributed by atoms with Crippen LogP contribution in [-0.2, 0) is 0 Å². The van der Waals surface area contributed by atoms with Gasteiger partial charge >= 0.3 is 0 Å². The first-order chi connectivity index (χ1) is 7.72. The molecular formula is C12H15ClFNO. The Labute approximate surface area is 99.7 Å². The highest BCUT2D eigenvalue weighted by Gasteiger charge is 2.21. The molecule has 0 radical (unpaired) electrons. The fourth-order valence-electron chi connectivity index (χ4n) is 2.23. The van der Waals surface area contributed by atoms with Gasteiger partial charge in [0.2, 0.25) is 0 Å². The lowest BCUT2D eigenvalue weighted by molar-refractivity contribution is 0.390. The number of hydrogen-bond donors (Lipinski definition) is 1. The number of halogens is 2. The predicted octanol–water partition coefficient (Wildman–Crippen LogP) is 2.95. The lowest BCUT2D eigenvalue weighted by Crippen LogP contribution is -2.26. The molecule has 0 spiro atoms. The Bertz CT molecular complexity index is 378. The second-order valence-electron chi connectivity index (χ2n) is 4.03. The Morgan fingerprint density at radius 3 is 2.69 bits per heavy atom. The quantitative estimate of drug-likeness (QED) is 0.862. The number of methoxy groups -OCH3 is 1. The van der Waals surface area contributed by atoms with E-state index in [9.17, 15) is 4.39 Å². The summed E-state index contributed by atoms with van der Waals surface area (Å²) in [6, 6.07) is 2.84. The molecule has 1 aliphatic heterocycles. The zero-order valence-corrected chi connectivity index (χ0v) is 9.98. The van der Waals surface area contributed by atoms with Crippen molar-refractivity contribution in [3.05, 3.63) is 28.5 Å². The summed E-state index contributed by atoms with van der Waals surface area (Å²) >= 11 is 5.97. The first-order valence-electron chi connectivity index (χ1n) is 5.46. The highest BCUT2D eigenvalue weighted by Crippen LogP contribution is 2.37. The van der Waals surface area contributed by atoms with E-state index in [1.165, 1.54) is 6.07 Å². The van der Waals surface area contributed by atoms with Crippen LogP contribution in [-0.4, -0.2) is 20.2 Å². The zero-order chi connectivity index (χ0) is 11.5. The molecule has 0 unspecified atom stereocenters. The van der Waals surface area contributed by atoms with Crippen LogP contribution >= 0.6 is 11.6 Å². The molecular weight excluding hydrogens is 229 g/mol. The summed E-state index contributed by atoms with van der Waals surface area (Å²) < 4.78 is 18.6. The van der Waals surface area contributed by atoms with Crippen LogP contribution in [0.5, 0.6) is 5.75 Å². The van der Waals surface area contributed by atoms with E-state index in [4.69, 9.17) is 16.3 Å². The van der Waals surface area contributed by atoms with Gasteiger partial charge in [0.15, 0.2) is 0 Å². The Balaban J connectivity index is 2.36. The van der Waals surface area contributed by atoms with Crippen molar-refractivity contribution in [3.8, 4) is 5.75 Å². The molecule has 2 nitrogen and oxygen atoms in total. The molecule has 2 rings (SSSR count). The molecule has 1 aromatic rings. The smallest absolute Gasteiger partial charge is 0.141 e. The lowest BCUT2D eigenvalue weighted by atomic mass is 9.89. The minimum atomic E-state index is -0.292. The van der Waals surface area contributed by atoms with Gasteiger partial charge in [-0.3, -0.25) is 0 Å². The Hall–Kier alpha value is -0.800. The average molecular weight is 244 g/mol. The molecule has 1 saturated heterocycles. The van der Waals surface area contributed by atoms with Crippen molar-refractivity contribution in [2.75, 3.05) is 20.2 Å². The van der Waals surface area contributed by atoms with Crippen molar-refractivity contribution in [1.29, 1.82) is 0 Å². The van der Waals surface area contributed by atoms with Crippen molar-refractivity contribution >= 4 is 11.6 Å². The standard InChI is InChI=1S/C12H15ClFNO/c1-16-12-10(6-9(14)7-11(12)13)8-2-4-15-5-3-8/h6-8,15H,2-5H2,1H3. The predicted molar refractivity (Wildman–Crippen MR) is 62.8 cm³/mol. The number of ether oxygens (including phenoxy) is 1. The van der Waals surface area contributed by atoms with E-state index in [1.54, 1.807) is 13.2 Å². The normalized spacial score (nSPS) is 17.4. The molecule has 1 heterocycles. The third-order valence-corrected chi connectivity index (χ3v) is 3.30. The molecule has 0 aromatic heterocycles. The highest BCUT2D eigenvalue weighted by molar-refractivity contribution is 6.32. The third kappa shape index (κ3) is 2.30. The molecule has 0 bridgehead atoms. The van der Waals surface area contributed by atoms with Crippen LogP contribution < -0.4 is 10.1 Å². The third-order valence-electron chi connectivity index (χ3n) is 3.02. The number of hydrogen-bond acceptors (Lipinski definition) is 2. The van der Waals surface area contributed by atoms with E-state index in [2.05, 4.69) is 5.32 Å². The van der Waals surface area contributed by atoms with Crippen LogP contribution in [0.15, 0.2) is 12.1 Å². The van der Waals surface area contributed by atoms with E-state index < -0.39 is 0 Å². The van der Waals surface area contributed by atoms with Crippen LogP contribution in [0.2, 0.25) is 5.02 Å². The van der Waals surface area contributed by atoms with Crippen LogP contribution in [0.3, 0.4) is 0 Å². The largest absolute Gasteiger partial charge is 0.495 e.